The molecule has 0 heterocycles. The fraction of sp³-hybridized carbons (Fsp3) is 1.00. The van der Waals surface area contributed by atoms with Crippen LogP contribution in [0.4, 0.5) is 0 Å². The second-order valence-electron chi connectivity index (χ2n) is 0.707. The molecule has 0 saturated heterocycles. The van der Waals surface area contributed by atoms with E-state index < -0.39 is 0 Å². The molecule has 0 aliphatic rings. The molecule has 0 aliphatic heterocycles. The van der Waals surface area contributed by atoms with Gasteiger partial charge in [0.25, 0.3) is 0 Å². The maximum atomic E-state index is 2.12. The van der Waals surface area contributed by atoms with Gasteiger partial charge in [0.15, 0.2) is 0 Å². The van der Waals surface area contributed by atoms with Crippen LogP contribution in [0.15, 0.2) is 0 Å². The fourth-order valence-corrected chi connectivity index (χ4v) is 0. The van der Waals surface area contributed by atoms with Gasteiger partial charge >= 0.3 is 29.6 Å². The summed E-state index contributed by atoms with van der Waals surface area (Å²) in [5.41, 5.74) is 0. The maximum absolute atomic E-state index is 2.12. The van der Waals surface area contributed by atoms with Crippen molar-refractivity contribution in [3.63, 3.8) is 0 Å². The molecule has 28 valence electrons. The van der Waals surface area contributed by atoms with E-state index in [4.69, 9.17) is 0 Å². The van der Waals surface area contributed by atoms with Gasteiger partial charge in [0.2, 0.25) is 0 Å². The predicted molar refractivity (Wildman–Crippen MR) is 16.0 cm³/mol. The zero-order valence-electron chi connectivity index (χ0n) is 4.09. The van der Waals surface area contributed by atoms with Crippen molar-refractivity contribution >= 4 is 0 Å². The SMILES string of the molecule is CCC.[Cl-].[Na+]. The summed E-state index contributed by atoms with van der Waals surface area (Å²) in [7, 11) is 0. The van der Waals surface area contributed by atoms with Gasteiger partial charge in [-0.2, -0.15) is 0 Å². The van der Waals surface area contributed by atoms with E-state index in [-0.39, 0.29) is 42.0 Å². The third kappa shape index (κ3) is 34.4. The molecule has 0 nitrogen and oxygen atoms in total. The minimum absolute atomic E-state index is 0. The molecule has 0 aliphatic carbocycles. The summed E-state index contributed by atoms with van der Waals surface area (Å²) < 4.78 is 0. The first-order valence-corrected chi connectivity index (χ1v) is 1.41. The zero-order chi connectivity index (χ0) is 2.71. The van der Waals surface area contributed by atoms with Gasteiger partial charge in [-0.1, -0.05) is 20.3 Å². The summed E-state index contributed by atoms with van der Waals surface area (Å²) in [5.74, 6) is 0. The van der Waals surface area contributed by atoms with E-state index in [2.05, 4.69) is 13.8 Å². The van der Waals surface area contributed by atoms with Gasteiger partial charge in [-0.05, 0) is 0 Å². The average molecular weight is 103 g/mol. The average Bonchev–Trinajstić information content (AvgIpc) is 0.918. The maximum Gasteiger partial charge on any atom is 1.00 e. The Hall–Kier alpha value is 1.29. The van der Waals surface area contributed by atoms with Crippen molar-refractivity contribution in [2.45, 2.75) is 20.3 Å². The normalized spacial score (nSPS) is 3.60. The molecule has 0 saturated carbocycles. The molecule has 0 aromatic heterocycles. The second kappa shape index (κ2) is 18.6. The second-order valence-corrected chi connectivity index (χ2v) is 0.707. The first-order chi connectivity index (χ1) is 1.41. The van der Waals surface area contributed by atoms with Crippen LogP contribution in [-0.4, -0.2) is 0 Å². The summed E-state index contributed by atoms with van der Waals surface area (Å²) in [5, 5.41) is 0. The van der Waals surface area contributed by atoms with Crippen LogP contribution in [0.3, 0.4) is 0 Å². The van der Waals surface area contributed by atoms with Gasteiger partial charge in [-0.15, -0.1) is 0 Å². The van der Waals surface area contributed by atoms with Crippen molar-refractivity contribution in [3.8, 4) is 0 Å². The Morgan fingerprint density at radius 2 is 1.20 bits per heavy atom. The molecular weight excluding hydrogens is 94.5 g/mol. The quantitative estimate of drug-likeness (QED) is 0.270. The van der Waals surface area contributed by atoms with E-state index in [1.54, 1.807) is 0 Å². The van der Waals surface area contributed by atoms with Crippen LogP contribution in [-0.2, 0) is 0 Å². The van der Waals surface area contributed by atoms with E-state index in [9.17, 15) is 0 Å². The first kappa shape index (κ1) is 16.3. The summed E-state index contributed by atoms with van der Waals surface area (Å²) in [6, 6.07) is 0. The van der Waals surface area contributed by atoms with Crippen molar-refractivity contribution in [1.29, 1.82) is 0 Å². The van der Waals surface area contributed by atoms with Crippen molar-refractivity contribution < 1.29 is 42.0 Å². The summed E-state index contributed by atoms with van der Waals surface area (Å²) in [6.07, 6.45) is 1.25. The smallest absolute Gasteiger partial charge is 1.00 e. The summed E-state index contributed by atoms with van der Waals surface area (Å²) in [4.78, 5) is 0. The Morgan fingerprint density at radius 1 is 1.20 bits per heavy atom. The number of halogens is 1. The van der Waals surface area contributed by atoms with E-state index in [0.717, 1.165) is 0 Å². The van der Waals surface area contributed by atoms with Gasteiger partial charge < -0.3 is 12.4 Å². The minimum Gasteiger partial charge on any atom is -1.00 e. The van der Waals surface area contributed by atoms with Gasteiger partial charge in [0.05, 0.1) is 0 Å². The minimum atomic E-state index is 0. The standard InChI is InChI=1S/C3H8.ClH.Na/c1-3-2;;/h3H2,1-2H3;1H;/q;;+1/p-1. The fourth-order valence-electron chi connectivity index (χ4n) is 0. The van der Waals surface area contributed by atoms with Crippen LogP contribution in [0, 0.1) is 0 Å². The van der Waals surface area contributed by atoms with Crippen molar-refractivity contribution in [2.24, 2.45) is 0 Å². The van der Waals surface area contributed by atoms with E-state index in [0.29, 0.717) is 0 Å². The monoisotopic (exact) mass is 102 g/mol. The molecular formula is C3H8ClNa. The van der Waals surface area contributed by atoms with Crippen LogP contribution in [0.2, 0.25) is 0 Å². The third-order valence-corrected chi connectivity index (χ3v) is 0. The van der Waals surface area contributed by atoms with Gasteiger partial charge in [0.1, 0.15) is 0 Å². The van der Waals surface area contributed by atoms with Crippen LogP contribution in [0.1, 0.15) is 20.3 Å². The molecule has 0 fully saturated rings. The van der Waals surface area contributed by atoms with Gasteiger partial charge in [0, 0.05) is 0 Å². The topological polar surface area (TPSA) is 0 Å². The molecule has 0 atom stereocenters. The largest absolute Gasteiger partial charge is 1.00 e. The van der Waals surface area contributed by atoms with Crippen LogP contribution >= 0.6 is 0 Å². The molecule has 2 heteroatoms. The molecule has 0 rings (SSSR count). The number of hydrogen-bond donors (Lipinski definition) is 0. The van der Waals surface area contributed by atoms with E-state index in [1.165, 1.54) is 6.42 Å². The number of rotatable bonds is 0. The summed E-state index contributed by atoms with van der Waals surface area (Å²) in [6.45, 7) is 4.25. The van der Waals surface area contributed by atoms with Crippen LogP contribution in [0.25, 0.3) is 0 Å². The first-order valence-electron chi connectivity index (χ1n) is 1.41. The van der Waals surface area contributed by atoms with Gasteiger partial charge in [-0.25, -0.2) is 0 Å². The Labute approximate surface area is 62.0 Å². The van der Waals surface area contributed by atoms with Crippen LogP contribution < -0.4 is 42.0 Å². The zero-order valence-corrected chi connectivity index (χ0v) is 6.84. The summed E-state index contributed by atoms with van der Waals surface area (Å²) >= 11 is 0. The predicted octanol–water partition coefficient (Wildman–Crippen LogP) is -4.58. The Morgan fingerprint density at radius 3 is 1.20 bits per heavy atom. The van der Waals surface area contributed by atoms with Crippen molar-refractivity contribution in [3.05, 3.63) is 0 Å². The third-order valence-electron chi connectivity index (χ3n) is 0. The molecule has 0 unspecified atom stereocenters. The number of hydrogen-bond acceptors (Lipinski definition) is 0. The molecule has 0 N–H and O–H groups in total. The van der Waals surface area contributed by atoms with E-state index >= 15 is 0 Å². The van der Waals surface area contributed by atoms with Crippen LogP contribution in [0.5, 0.6) is 0 Å². The molecule has 5 heavy (non-hydrogen) atoms. The van der Waals surface area contributed by atoms with Gasteiger partial charge in [-0.3, -0.25) is 0 Å². The Balaban J connectivity index is -0.0000000200. The van der Waals surface area contributed by atoms with Crippen molar-refractivity contribution in [2.75, 3.05) is 0 Å². The molecule has 0 spiro atoms. The molecule has 0 aromatic carbocycles. The molecule has 0 radical (unpaired) electrons. The molecule has 0 amide bonds. The Bertz CT molecular complexity index is 6.85. The molecule has 0 bridgehead atoms. The van der Waals surface area contributed by atoms with Crippen molar-refractivity contribution in [1.82, 2.24) is 0 Å². The Kier molecular flexibility index (Phi) is 60.4. The van der Waals surface area contributed by atoms with E-state index in [1.807, 2.05) is 0 Å². The molecule has 0 aromatic rings.